The second kappa shape index (κ2) is 4.13. The summed E-state index contributed by atoms with van der Waals surface area (Å²) in [6, 6.07) is 4.22. The zero-order valence-corrected chi connectivity index (χ0v) is 9.60. The Balaban J connectivity index is 2.09. The third kappa shape index (κ3) is 2.15. The number of pyridine rings is 1. The molecule has 14 heavy (non-hydrogen) atoms. The number of anilines is 1. The summed E-state index contributed by atoms with van der Waals surface area (Å²) >= 11 is 3.31. The third-order valence-electron chi connectivity index (χ3n) is 2.39. The summed E-state index contributed by atoms with van der Waals surface area (Å²) in [5.74, 6) is 0.950. The van der Waals surface area contributed by atoms with E-state index in [1.54, 1.807) is 0 Å². The molecule has 2 nitrogen and oxygen atoms in total. The molecule has 1 aliphatic carbocycles. The van der Waals surface area contributed by atoms with Gasteiger partial charge in [-0.05, 0) is 30.9 Å². The van der Waals surface area contributed by atoms with Gasteiger partial charge in [-0.2, -0.15) is 0 Å². The van der Waals surface area contributed by atoms with E-state index < -0.39 is 0 Å². The number of hydrogen-bond acceptors (Lipinski definition) is 2. The molecule has 0 aromatic carbocycles. The van der Waals surface area contributed by atoms with Crippen molar-refractivity contribution in [2.45, 2.75) is 19.3 Å². The minimum absolute atomic E-state index is 0.728. The average Bonchev–Trinajstić information content (AvgIpc) is 2.61. The fourth-order valence-electron chi connectivity index (χ4n) is 1.71. The highest BCUT2D eigenvalue weighted by Crippen LogP contribution is 2.21. The number of nitrogens with zero attached hydrogens (tertiary/aromatic N) is 1. The number of halogens is 1. The maximum Gasteiger partial charge on any atom is 0.126 e. The predicted molar refractivity (Wildman–Crippen MR) is 62.8 cm³/mol. The molecule has 0 saturated heterocycles. The van der Waals surface area contributed by atoms with Crippen molar-refractivity contribution in [1.82, 2.24) is 4.98 Å². The molecule has 1 heterocycles. The third-order valence-corrected chi connectivity index (χ3v) is 2.67. The van der Waals surface area contributed by atoms with Crippen LogP contribution in [-0.4, -0.2) is 11.5 Å². The van der Waals surface area contributed by atoms with Crippen LogP contribution in [0.1, 0.15) is 17.7 Å². The lowest BCUT2D eigenvalue weighted by Gasteiger charge is -2.06. The van der Waals surface area contributed by atoms with E-state index in [9.17, 15) is 0 Å². The second-order valence-electron chi connectivity index (χ2n) is 3.53. The quantitative estimate of drug-likeness (QED) is 0.895. The van der Waals surface area contributed by atoms with Gasteiger partial charge in [0.15, 0.2) is 0 Å². The largest absolute Gasteiger partial charge is 0.365 e. The molecule has 1 aromatic heterocycles. The van der Waals surface area contributed by atoms with Crippen LogP contribution in [-0.2, 0) is 12.8 Å². The van der Waals surface area contributed by atoms with Gasteiger partial charge >= 0.3 is 0 Å². The molecular weight excluding hydrogens is 240 g/mol. The van der Waals surface area contributed by atoms with E-state index in [1.165, 1.54) is 24.1 Å². The lowest BCUT2D eigenvalue weighted by atomic mass is 10.2. The fraction of sp³-hybridized carbons (Fsp3) is 0.364. The van der Waals surface area contributed by atoms with Gasteiger partial charge < -0.3 is 5.32 Å². The van der Waals surface area contributed by atoms with Gasteiger partial charge in [0.2, 0.25) is 0 Å². The molecule has 0 radical (unpaired) electrons. The number of hydrogen-bond donors (Lipinski definition) is 1. The minimum atomic E-state index is 0.728. The van der Waals surface area contributed by atoms with Gasteiger partial charge in [0, 0.05) is 16.7 Å². The molecule has 3 heteroatoms. The molecule has 0 spiro atoms. The van der Waals surface area contributed by atoms with Crippen LogP contribution >= 0.6 is 15.9 Å². The Bertz CT molecular complexity index is 360. The fourth-order valence-corrected chi connectivity index (χ4v) is 1.85. The van der Waals surface area contributed by atoms with Crippen molar-refractivity contribution in [3.8, 4) is 0 Å². The lowest BCUT2D eigenvalue weighted by Crippen LogP contribution is -2.03. The molecule has 0 fully saturated rings. The first kappa shape index (κ1) is 9.71. The Morgan fingerprint density at radius 1 is 1.50 bits per heavy atom. The van der Waals surface area contributed by atoms with Gasteiger partial charge in [-0.25, -0.2) is 4.98 Å². The van der Waals surface area contributed by atoms with Crippen molar-refractivity contribution in [3.63, 3.8) is 0 Å². The van der Waals surface area contributed by atoms with E-state index in [0.717, 1.165) is 23.3 Å². The van der Waals surface area contributed by atoms with E-state index in [-0.39, 0.29) is 0 Å². The van der Waals surface area contributed by atoms with Crippen LogP contribution in [0.25, 0.3) is 0 Å². The normalized spacial score (nSPS) is 13.8. The molecular formula is C11H13BrN2. The molecule has 1 N–H and O–H groups in total. The van der Waals surface area contributed by atoms with Crippen LogP contribution in [0, 0.1) is 0 Å². The number of nitrogens with one attached hydrogen (secondary N) is 1. The van der Waals surface area contributed by atoms with Crippen molar-refractivity contribution < 1.29 is 0 Å². The molecule has 0 atom stereocenters. The van der Waals surface area contributed by atoms with Crippen molar-refractivity contribution in [2.75, 3.05) is 11.9 Å². The smallest absolute Gasteiger partial charge is 0.126 e. The minimum Gasteiger partial charge on any atom is -0.365 e. The zero-order chi connectivity index (χ0) is 9.97. The molecule has 74 valence electrons. The van der Waals surface area contributed by atoms with Gasteiger partial charge in [-0.3, -0.25) is 0 Å². The van der Waals surface area contributed by atoms with E-state index in [0.29, 0.717) is 0 Å². The SMILES string of the molecule is C=C(Br)CNc1ccc2c(n1)CCC2. The van der Waals surface area contributed by atoms with E-state index >= 15 is 0 Å². The first-order valence-corrected chi connectivity index (χ1v) is 5.61. The van der Waals surface area contributed by atoms with Crippen LogP contribution in [0.4, 0.5) is 5.82 Å². The monoisotopic (exact) mass is 252 g/mol. The maximum absolute atomic E-state index is 4.55. The van der Waals surface area contributed by atoms with E-state index in [1.807, 2.05) is 6.07 Å². The highest BCUT2D eigenvalue weighted by atomic mass is 79.9. The molecule has 0 aliphatic heterocycles. The lowest BCUT2D eigenvalue weighted by molar-refractivity contribution is 0.899. The van der Waals surface area contributed by atoms with Crippen LogP contribution in [0.15, 0.2) is 23.2 Å². The highest BCUT2D eigenvalue weighted by Gasteiger charge is 2.11. The molecule has 1 aliphatic rings. The van der Waals surface area contributed by atoms with Gasteiger partial charge in [0.1, 0.15) is 5.82 Å². The van der Waals surface area contributed by atoms with Crippen LogP contribution in [0.2, 0.25) is 0 Å². The zero-order valence-electron chi connectivity index (χ0n) is 8.02. The topological polar surface area (TPSA) is 24.9 Å². The highest BCUT2D eigenvalue weighted by molar-refractivity contribution is 9.11. The predicted octanol–water partition coefficient (Wildman–Crippen LogP) is 2.89. The Hall–Kier alpha value is -0.830. The van der Waals surface area contributed by atoms with Gasteiger partial charge in [0.05, 0.1) is 0 Å². The van der Waals surface area contributed by atoms with Crippen molar-refractivity contribution in [1.29, 1.82) is 0 Å². The summed E-state index contributed by atoms with van der Waals surface area (Å²) in [4.78, 5) is 4.55. The molecule has 0 saturated carbocycles. The summed E-state index contributed by atoms with van der Waals surface area (Å²) in [5, 5.41) is 3.22. The first-order chi connectivity index (χ1) is 6.75. The van der Waals surface area contributed by atoms with Crippen LogP contribution in [0.3, 0.4) is 0 Å². The molecule has 0 amide bonds. The Kier molecular flexibility index (Phi) is 2.87. The van der Waals surface area contributed by atoms with Gasteiger partial charge in [0.25, 0.3) is 0 Å². The first-order valence-electron chi connectivity index (χ1n) is 4.81. The number of rotatable bonds is 3. The molecule has 1 aromatic rings. The maximum atomic E-state index is 4.55. The summed E-state index contributed by atoms with van der Waals surface area (Å²) < 4.78 is 0.944. The standard InChI is InChI=1S/C11H13BrN2/c1-8(12)7-13-11-6-5-9-3-2-4-10(9)14-11/h5-6H,1-4,7H2,(H,13,14). The average molecular weight is 253 g/mol. The Labute approximate surface area is 92.6 Å². The summed E-state index contributed by atoms with van der Waals surface area (Å²) in [6.45, 7) is 4.50. The number of aromatic nitrogens is 1. The van der Waals surface area contributed by atoms with E-state index in [4.69, 9.17) is 0 Å². The second-order valence-corrected chi connectivity index (χ2v) is 4.65. The molecule has 0 unspecified atom stereocenters. The summed E-state index contributed by atoms with van der Waals surface area (Å²) in [6.07, 6.45) is 3.56. The summed E-state index contributed by atoms with van der Waals surface area (Å²) in [5.41, 5.74) is 2.67. The van der Waals surface area contributed by atoms with Crippen molar-refractivity contribution in [2.24, 2.45) is 0 Å². The van der Waals surface area contributed by atoms with Crippen molar-refractivity contribution in [3.05, 3.63) is 34.5 Å². The Morgan fingerprint density at radius 2 is 2.36 bits per heavy atom. The number of fused-ring (bicyclic) bond motifs is 1. The summed E-state index contributed by atoms with van der Waals surface area (Å²) in [7, 11) is 0. The molecule has 0 bridgehead atoms. The van der Waals surface area contributed by atoms with Crippen LogP contribution in [0.5, 0.6) is 0 Å². The Morgan fingerprint density at radius 3 is 3.14 bits per heavy atom. The molecule has 2 rings (SSSR count). The van der Waals surface area contributed by atoms with Gasteiger partial charge in [-0.15, -0.1) is 0 Å². The number of aryl methyl sites for hydroxylation is 2. The van der Waals surface area contributed by atoms with Gasteiger partial charge in [-0.1, -0.05) is 28.6 Å². The van der Waals surface area contributed by atoms with Crippen LogP contribution < -0.4 is 5.32 Å². The van der Waals surface area contributed by atoms with E-state index in [2.05, 4.69) is 38.9 Å². The van der Waals surface area contributed by atoms with Crippen molar-refractivity contribution >= 4 is 21.7 Å².